The molecule has 1 amide bonds. The number of aromatic nitrogens is 4. The first kappa shape index (κ1) is 35.6. The summed E-state index contributed by atoms with van der Waals surface area (Å²) in [6, 6.07) is 27.5. The van der Waals surface area contributed by atoms with E-state index in [1.54, 1.807) is 31.5 Å². The summed E-state index contributed by atoms with van der Waals surface area (Å²) in [6.07, 6.45) is 4.29. The number of aliphatic carboxylic acids is 1. The van der Waals surface area contributed by atoms with Crippen LogP contribution in [0.4, 0.5) is 4.79 Å². The molecular weight excluding hydrogens is 634 g/mol. The minimum Gasteiger partial charge on any atom is -0.487 e. The molecule has 5 aromatic rings. The van der Waals surface area contributed by atoms with E-state index in [-0.39, 0.29) is 12.5 Å². The molecule has 1 aliphatic heterocycles. The molecule has 260 valence electrons. The zero-order valence-corrected chi connectivity index (χ0v) is 29.0. The summed E-state index contributed by atoms with van der Waals surface area (Å²) in [5, 5.41) is 9.71. The van der Waals surface area contributed by atoms with Gasteiger partial charge in [0.1, 0.15) is 35.3 Å². The molecule has 1 N–H and O–H groups in total. The number of aldehydes is 1. The van der Waals surface area contributed by atoms with Crippen molar-refractivity contribution in [2.75, 3.05) is 13.1 Å². The summed E-state index contributed by atoms with van der Waals surface area (Å²) in [5.74, 6) is 0.710. The number of carboxylic acid groups (broad SMARTS) is 1. The molecule has 0 bridgehead atoms. The maximum Gasteiger partial charge on any atom is 0.410 e. The average molecular weight is 678 g/mol. The Labute approximate surface area is 292 Å². The predicted molar refractivity (Wildman–Crippen MR) is 190 cm³/mol. The normalized spacial score (nSPS) is 15.6. The van der Waals surface area contributed by atoms with Crippen molar-refractivity contribution in [3.63, 3.8) is 0 Å². The lowest BCUT2D eigenvalue weighted by atomic mass is 9.90. The van der Waals surface area contributed by atoms with Crippen LogP contribution >= 0.6 is 0 Å². The fraction of sp³-hybridized carbons (Fsp3) is 0.308. The van der Waals surface area contributed by atoms with Crippen molar-refractivity contribution in [2.24, 2.45) is 25.9 Å². The van der Waals surface area contributed by atoms with E-state index in [0.717, 1.165) is 46.1 Å². The van der Waals surface area contributed by atoms with E-state index in [4.69, 9.17) is 9.47 Å². The van der Waals surface area contributed by atoms with Crippen molar-refractivity contribution in [1.29, 1.82) is 0 Å². The number of hydrogen-bond donors (Lipinski definition) is 1. The third-order valence-corrected chi connectivity index (χ3v) is 8.51. The van der Waals surface area contributed by atoms with Crippen molar-refractivity contribution < 1.29 is 29.0 Å². The minimum absolute atomic E-state index is 0.159. The topological polar surface area (TPSA) is 129 Å². The molecule has 3 heterocycles. The fourth-order valence-corrected chi connectivity index (χ4v) is 5.84. The lowest BCUT2D eigenvalue weighted by Crippen LogP contribution is -2.36. The lowest BCUT2D eigenvalue weighted by molar-refractivity contribution is -0.142. The molecule has 2 aromatic heterocycles. The smallest absolute Gasteiger partial charge is 0.410 e. The standard InChI is InChI=1S/C28H33N3O5.C11H10N2O/c1-28(2,3)36-27(34)31-16-21(24(17-31)26(32)33)14-19-10-12-23(13-11-19)35-18-22-15-29-25(30(22)4)20-8-6-5-7-9-20;1-13-10(8-14)7-12-11(13)9-5-3-2-4-6-9/h5-13,15,21,24H,14,16-18H2,1-4H3,(H,32,33);2-8H,1H3/t21-,24+;/m1./s1. The Hall–Kier alpha value is -5.71. The number of amides is 1. The fourth-order valence-electron chi connectivity index (χ4n) is 5.84. The maximum atomic E-state index is 12.5. The van der Waals surface area contributed by atoms with E-state index in [1.807, 2.05) is 110 Å². The van der Waals surface area contributed by atoms with Gasteiger partial charge in [-0.2, -0.15) is 0 Å². The van der Waals surface area contributed by atoms with E-state index in [0.29, 0.717) is 25.3 Å². The minimum atomic E-state index is -0.892. The molecule has 0 saturated carbocycles. The molecule has 0 aliphatic carbocycles. The van der Waals surface area contributed by atoms with Gasteiger partial charge in [-0.15, -0.1) is 0 Å². The molecule has 11 heteroatoms. The average Bonchev–Trinajstić information content (AvgIpc) is 3.81. The number of benzene rings is 3. The number of carboxylic acids is 1. The maximum absolute atomic E-state index is 12.5. The molecule has 1 fully saturated rings. The van der Waals surface area contributed by atoms with E-state index in [9.17, 15) is 19.5 Å². The summed E-state index contributed by atoms with van der Waals surface area (Å²) in [6.45, 7) is 6.29. The van der Waals surface area contributed by atoms with Gasteiger partial charge in [0.15, 0.2) is 6.29 Å². The second kappa shape index (κ2) is 15.7. The quantitative estimate of drug-likeness (QED) is 0.171. The summed E-state index contributed by atoms with van der Waals surface area (Å²) in [4.78, 5) is 45.1. The highest BCUT2D eigenvalue weighted by atomic mass is 16.6. The van der Waals surface area contributed by atoms with Crippen LogP contribution < -0.4 is 4.74 Å². The number of carbonyl (C=O) groups excluding carboxylic acids is 2. The molecule has 50 heavy (non-hydrogen) atoms. The highest BCUT2D eigenvalue weighted by Crippen LogP contribution is 2.29. The highest BCUT2D eigenvalue weighted by molar-refractivity contribution is 5.75. The molecule has 0 spiro atoms. The van der Waals surface area contributed by atoms with Crippen molar-refractivity contribution in [3.05, 3.63) is 114 Å². The Morgan fingerprint density at radius 3 is 1.96 bits per heavy atom. The highest BCUT2D eigenvalue weighted by Gasteiger charge is 2.41. The van der Waals surface area contributed by atoms with Gasteiger partial charge in [0.2, 0.25) is 0 Å². The van der Waals surface area contributed by atoms with Crippen LogP contribution in [0.1, 0.15) is 42.5 Å². The second-order valence-electron chi connectivity index (χ2n) is 13.3. The molecule has 1 saturated heterocycles. The SMILES string of the molecule is Cn1c(C=O)cnc1-c1ccccc1.Cn1c(COc2ccc(C[C@@H]3CN(C(=O)OC(C)(C)C)C[C@@H]3C(=O)O)cc2)cnc1-c1ccccc1. The van der Waals surface area contributed by atoms with Crippen LogP contribution in [0, 0.1) is 11.8 Å². The molecule has 2 atom stereocenters. The van der Waals surface area contributed by atoms with E-state index >= 15 is 0 Å². The van der Waals surface area contributed by atoms with Crippen molar-refractivity contribution in [1.82, 2.24) is 24.0 Å². The summed E-state index contributed by atoms with van der Waals surface area (Å²) in [5.41, 5.74) is 3.98. The van der Waals surface area contributed by atoms with Gasteiger partial charge in [-0.3, -0.25) is 9.59 Å². The second-order valence-corrected chi connectivity index (χ2v) is 13.3. The lowest BCUT2D eigenvalue weighted by Gasteiger charge is -2.24. The van der Waals surface area contributed by atoms with Crippen molar-refractivity contribution in [2.45, 2.75) is 39.4 Å². The molecule has 0 unspecified atom stereocenters. The first-order valence-electron chi connectivity index (χ1n) is 16.4. The van der Waals surface area contributed by atoms with Gasteiger partial charge in [-0.1, -0.05) is 72.8 Å². The van der Waals surface area contributed by atoms with E-state index in [2.05, 4.69) is 9.97 Å². The molecule has 3 aromatic carbocycles. The zero-order chi connectivity index (χ0) is 35.8. The van der Waals surface area contributed by atoms with Crippen LogP contribution in [0.3, 0.4) is 0 Å². The molecule has 0 radical (unpaired) electrons. The summed E-state index contributed by atoms with van der Waals surface area (Å²) in [7, 11) is 3.80. The molecular formula is C39H43N5O6. The Morgan fingerprint density at radius 2 is 1.42 bits per heavy atom. The van der Waals surface area contributed by atoms with Gasteiger partial charge in [0.05, 0.1) is 24.0 Å². The number of likely N-dealkylation sites (tertiary alicyclic amines) is 1. The van der Waals surface area contributed by atoms with Crippen LogP contribution in [0.2, 0.25) is 0 Å². The summed E-state index contributed by atoms with van der Waals surface area (Å²) < 4.78 is 15.2. The number of ether oxygens (including phenoxy) is 2. The molecule has 6 rings (SSSR count). The zero-order valence-electron chi connectivity index (χ0n) is 29.0. The van der Waals surface area contributed by atoms with Crippen molar-refractivity contribution >= 4 is 18.3 Å². The number of nitrogens with zero attached hydrogens (tertiary/aromatic N) is 5. The van der Waals surface area contributed by atoms with Gasteiger partial charge in [0.25, 0.3) is 0 Å². The van der Waals surface area contributed by atoms with Gasteiger partial charge in [-0.25, -0.2) is 14.8 Å². The van der Waals surface area contributed by atoms with Crippen molar-refractivity contribution in [3.8, 4) is 28.5 Å². The first-order valence-corrected chi connectivity index (χ1v) is 16.4. The third-order valence-electron chi connectivity index (χ3n) is 8.51. The predicted octanol–water partition coefficient (Wildman–Crippen LogP) is 6.68. The number of hydrogen-bond acceptors (Lipinski definition) is 7. The Bertz CT molecular complexity index is 1890. The van der Waals surface area contributed by atoms with Crippen LogP contribution in [-0.2, 0) is 36.7 Å². The Kier molecular flexibility index (Phi) is 11.2. The molecule has 1 aliphatic rings. The van der Waals surface area contributed by atoms with E-state index in [1.165, 1.54) is 4.90 Å². The van der Waals surface area contributed by atoms with Gasteiger partial charge in [-0.05, 0) is 50.8 Å². The van der Waals surface area contributed by atoms with Crippen LogP contribution in [0.25, 0.3) is 22.8 Å². The third kappa shape index (κ3) is 8.84. The van der Waals surface area contributed by atoms with Crippen LogP contribution in [0.15, 0.2) is 97.3 Å². The van der Waals surface area contributed by atoms with Gasteiger partial charge >= 0.3 is 12.1 Å². The Morgan fingerprint density at radius 1 is 0.840 bits per heavy atom. The first-order chi connectivity index (χ1) is 23.9. The summed E-state index contributed by atoms with van der Waals surface area (Å²) >= 11 is 0. The monoisotopic (exact) mass is 677 g/mol. The Balaban J connectivity index is 0.000000288. The van der Waals surface area contributed by atoms with Crippen LogP contribution in [-0.4, -0.2) is 66.1 Å². The van der Waals surface area contributed by atoms with Crippen LogP contribution in [0.5, 0.6) is 5.75 Å². The van der Waals surface area contributed by atoms with Gasteiger partial charge in [0, 0.05) is 38.3 Å². The number of carbonyl (C=O) groups is 3. The number of rotatable bonds is 9. The van der Waals surface area contributed by atoms with E-state index < -0.39 is 23.6 Å². The molecule has 11 nitrogen and oxygen atoms in total. The largest absolute Gasteiger partial charge is 0.487 e. The number of imidazole rings is 2. The van der Waals surface area contributed by atoms with Gasteiger partial charge < -0.3 is 28.6 Å².